The fourth-order valence-corrected chi connectivity index (χ4v) is 1.37. The van der Waals surface area contributed by atoms with E-state index in [9.17, 15) is 0 Å². The van der Waals surface area contributed by atoms with Crippen LogP contribution in [0.4, 0.5) is 0 Å². The number of rotatable bonds is 5. The summed E-state index contributed by atoms with van der Waals surface area (Å²) in [5.74, 6) is 1.66. The summed E-state index contributed by atoms with van der Waals surface area (Å²) in [4.78, 5) is 0. The molecule has 0 aromatic heterocycles. The quantitative estimate of drug-likeness (QED) is 0.598. The molecule has 0 fully saturated rings. The summed E-state index contributed by atoms with van der Waals surface area (Å²) in [5, 5.41) is 1.84. The molecule has 0 aromatic carbocycles. The zero-order valence-corrected chi connectivity index (χ0v) is 8.77. The van der Waals surface area contributed by atoms with E-state index in [0.717, 1.165) is 11.8 Å². The third-order valence-electron chi connectivity index (χ3n) is 2.33. The van der Waals surface area contributed by atoms with Gasteiger partial charge in [0, 0.05) is 0 Å². The van der Waals surface area contributed by atoms with Crippen molar-refractivity contribution in [2.45, 2.75) is 40.0 Å². The number of hydrogen-bond acceptors (Lipinski definition) is 1. The molecule has 1 heteroatoms. The Balaban J connectivity index is 3.54. The van der Waals surface area contributed by atoms with Crippen LogP contribution in [-0.4, -0.2) is 0 Å². The summed E-state index contributed by atoms with van der Waals surface area (Å²) in [6, 6.07) is 0. The Morgan fingerprint density at radius 3 is 2.36 bits per heavy atom. The lowest BCUT2D eigenvalue weighted by atomic mass is 9.89. The van der Waals surface area contributed by atoms with Crippen molar-refractivity contribution >= 4 is 12.6 Å². The minimum atomic E-state index is 0.804. The van der Waals surface area contributed by atoms with Gasteiger partial charge in [0.15, 0.2) is 0 Å². The molecule has 66 valence electrons. The van der Waals surface area contributed by atoms with Crippen molar-refractivity contribution in [1.29, 1.82) is 0 Å². The average molecular weight is 172 g/mol. The van der Waals surface area contributed by atoms with Crippen molar-refractivity contribution in [3.05, 3.63) is 11.5 Å². The number of allylic oxidation sites excluding steroid dienone is 1. The van der Waals surface area contributed by atoms with Gasteiger partial charge >= 0.3 is 0 Å². The molecule has 0 aromatic rings. The third kappa shape index (κ3) is 5.37. The summed E-state index contributed by atoms with van der Waals surface area (Å²) in [6.07, 6.45) is 5.96. The second-order valence-corrected chi connectivity index (χ2v) is 3.66. The first-order valence-electron chi connectivity index (χ1n) is 4.51. The van der Waals surface area contributed by atoms with Gasteiger partial charge in [-0.25, -0.2) is 0 Å². The van der Waals surface area contributed by atoms with Crippen LogP contribution in [0.2, 0.25) is 0 Å². The summed E-state index contributed by atoms with van der Waals surface area (Å²) < 4.78 is 0. The van der Waals surface area contributed by atoms with Crippen molar-refractivity contribution in [3.8, 4) is 0 Å². The van der Waals surface area contributed by atoms with Crippen LogP contribution in [0.3, 0.4) is 0 Å². The van der Waals surface area contributed by atoms with Crippen molar-refractivity contribution in [1.82, 2.24) is 0 Å². The Morgan fingerprint density at radius 2 is 1.91 bits per heavy atom. The molecule has 0 bridgehead atoms. The molecule has 2 atom stereocenters. The Morgan fingerprint density at radius 1 is 1.27 bits per heavy atom. The van der Waals surface area contributed by atoms with Gasteiger partial charge in [-0.2, -0.15) is 12.6 Å². The molecular weight excluding hydrogens is 152 g/mol. The smallest absolute Gasteiger partial charge is 0.0314 e. The van der Waals surface area contributed by atoms with Gasteiger partial charge in [0.2, 0.25) is 0 Å². The Hall–Kier alpha value is 0.0900. The van der Waals surface area contributed by atoms with Crippen LogP contribution in [0.1, 0.15) is 40.0 Å². The van der Waals surface area contributed by atoms with E-state index in [0.29, 0.717) is 0 Å². The lowest BCUT2D eigenvalue weighted by Gasteiger charge is -2.16. The van der Waals surface area contributed by atoms with E-state index < -0.39 is 0 Å². The Kier molecular flexibility index (Phi) is 6.83. The zero-order valence-electron chi connectivity index (χ0n) is 7.88. The summed E-state index contributed by atoms with van der Waals surface area (Å²) in [6.45, 7) is 6.90. The standard InChI is InChI=1S/C10H20S/c1-4-6-9(2)10(3)7-5-8-11/h5,8-11H,4,6-7H2,1-3H3. The highest BCUT2D eigenvalue weighted by Crippen LogP contribution is 2.20. The monoisotopic (exact) mass is 172 g/mol. The average Bonchev–Trinajstić information content (AvgIpc) is 2.00. The first-order chi connectivity index (χ1) is 5.22. The van der Waals surface area contributed by atoms with Crippen molar-refractivity contribution in [2.75, 3.05) is 0 Å². The minimum Gasteiger partial charge on any atom is -0.152 e. The molecule has 0 radical (unpaired) electrons. The number of thiol groups is 1. The van der Waals surface area contributed by atoms with Crippen molar-refractivity contribution in [2.24, 2.45) is 11.8 Å². The molecule has 0 amide bonds. The lowest BCUT2D eigenvalue weighted by Crippen LogP contribution is -2.06. The zero-order chi connectivity index (χ0) is 8.69. The van der Waals surface area contributed by atoms with Crippen molar-refractivity contribution in [3.63, 3.8) is 0 Å². The highest BCUT2D eigenvalue weighted by molar-refractivity contribution is 7.83. The molecule has 0 N–H and O–H groups in total. The SMILES string of the molecule is CCCC(C)C(C)CC=CS. The van der Waals surface area contributed by atoms with Gasteiger partial charge in [0.05, 0.1) is 0 Å². The Labute approximate surface area is 76.5 Å². The van der Waals surface area contributed by atoms with E-state index in [2.05, 4.69) is 39.5 Å². The molecule has 11 heavy (non-hydrogen) atoms. The van der Waals surface area contributed by atoms with Crippen molar-refractivity contribution < 1.29 is 0 Å². The van der Waals surface area contributed by atoms with Gasteiger partial charge in [-0.1, -0.05) is 39.7 Å². The molecule has 2 unspecified atom stereocenters. The first kappa shape index (κ1) is 11.1. The molecule has 0 aliphatic heterocycles. The Bertz CT molecular complexity index is 107. The van der Waals surface area contributed by atoms with Crippen LogP contribution >= 0.6 is 12.6 Å². The van der Waals surface area contributed by atoms with Gasteiger partial charge in [0.25, 0.3) is 0 Å². The lowest BCUT2D eigenvalue weighted by molar-refractivity contribution is 0.364. The first-order valence-corrected chi connectivity index (χ1v) is 5.03. The fourth-order valence-electron chi connectivity index (χ4n) is 1.25. The van der Waals surface area contributed by atoms with E-state index >= 15 is 0 Å². The second kappa shape index (κ2) is 6.78. The van der Waals surface area contributed by atoms with Gasteiger partial charge in [0.1, 0.15) is 0 Å². The molecule has 0 aliphatic carbocycles. The highest BCUT2D eigenvalue weighted by atomic mass is 32.1. The van der Waals surface area contributed by atoms with Crippen LogP contribution in [0.5, 0.6) is 0 Å². The largest absolute Gasteiger partial charge is 0.152 e. The molecule has 0 rings (SSSR count). The predicted molar refractivity (Wildman–Crippen MR) is 56.0 cm³/mol. The molecule has 0 nitrogen and oxygen atoms in total. The van der Waals surface area contributed by atoms with E-state index in [-0.39, 0.29) is 0 Å². The maximum atomic E-state index is 4.04. The summed E-state index contributed by atoms with van der Waals surface area (Å²) >= 11 is 4.04. The van der Waals surface area contributed by atoms with Gasteiger partial charge in [-0.05, 0) is 23.7 Å². The van der Waals surface area contributed by atoms with E-state index in [1.165, 1.54) is 19.3 Å². The predicted octanol–water partition coefficient (Wildman–Crippen LogP) is 3.89. The van der Waals surface area contributed by atoms with Crippen LogP contribution in [0, 0.1) is 11.8 Å². The van der Waals surface area contributed by atoms with Gasteiger partial charge in [-0.15, -0.1) is 0 Å². The van der Waals surface area contributed by atoms with Gasteiger partial charge in [-0.3, -0.25) is 0 Å². The minimum absolute atomic E-state index is 0.804. The number of hydrogen-bond donors (Lipinski definition) is 1. The van der Waals surface area contributed by atoms with E-state index in [4.69, 9.17) is 0 Å². The van der Waals surface area contributed by atoms with Crippen LogP contribution in [0.15, 0.2) is 11.5 Å². The van der Waals surface area contributed by atoms with Crippen LogP contribution in [0.25, 0.3) is 0 Å². The molecule has 0 aliphatic rings. The van der Waals surface area contributed by atoms with Gasteiger partial charge < -0.3 is 0 Å². The highest BCUT2D eigenvalue weighted by Gasteiger charge is 2.08. The molecule has 0 heterocycles. The summed E-state index contributed by atoms with van der Waals surface area (Å²) in [7, 11) is 0. The van der Waals surface area contributed by atoms with E-state index in [1.807, 2.05) is 5.41 Å². The fraction of sp³-hybridized carbons (Fsp3) is 0.800. The second-order valence-electron chi connectivity index (χ2n) is 3.36. The maximum Gasteiger partial charge on any atom is -0.0314 e. The maximum absolute atomic E-state index is 4.04. The molecular formula is C10H20S. The summed E-state index contributed by atoms with van der Waals surface area (Å²) in [5.41, 5.74) is 0. The molecule has 0 spiro atoms. The van der Waals surface area contributed by atoms with Crippen LogP contribution in [-0.2, 0) is 0 Å². The third-order valence-corrected chi connectivity index (χ3v) is 2.54. The molecule has 0 saturated carbocycles. The normalized spacial score (nSPS) is 17.1. The van der Waals surface area contributed by atoms with E-state index in [1.54, 1.807) is 0 Å². The van der Waals surface area contributed by atoms with Crippen LogP contribution < -0.4 is 0 Å². The topological polar surface area (TPSA) is 0 Å². The molecule has 0 saturated heterocycles.